The fourth-order valence-electron chi connectivity index (χ4n) is 4.38. The van der Waals surface area contributed by atoms with Crippen LogP contribution in [0.2, 0.25) is 0 Å². The summed E-state index contributed by atoms with van der Waals surface area (Å²) in [6.45, 7) is 4.82. The second kappa shape index (κ2) is 11.2. The standard InChI is InChI=1S/C31H32FN5/c1-5-9-20(19-37(3)4)16-21(6-2)22-14-15-27(33)26(18-22)29(34)31-35-28-13-8-12-25(30(28)36-31)23-10-7-11-24(32)17-23/h5-18,34H,19,33H2,1-4H3,(H,35,36). The molecule has 0 atom stereocenters. The molecule has 5 nitrogen and oxygen atoms in total. The number of aromatic nitrogens is 2. The van der Waals surface area contributed by atoms with Gasteiger partial charge in [0.2, 0.25) is 0 Å². The number of likely N-dealkylation sites (N-methyl/N-ethyl adjacent to an activating group) is 1. The summed E-state index contributed by atoms with van der Waals surface area (Å²) in [6, 6.07) is 17.9. The number of para-hydroxylation sites is 1. The monoisotopic (exact) mass is 493 g/mol. The van der Waals surface area contributed by atoms with Crippen molar-refractivity contribution >= 4 is 28.0 Å². The first-order chi connectivity index (χ1) is 17.8. The second-order valence-electron chi connectivity index (χ2n) is 9.18. The van der Waals surface area contributed by atoms with Crippen molar-refractivity contribution in [1.82, 2.24) is 14.9 Å². The summed E-state index contributed by atoms with van der Waals surface area (Å²) < 4.78 is 13.9. The summed E-state index contributed by atoms with van der Waals surface area (Å²) in [6.07, 6.45) is 8.36. The van der Waals surface area contributed by atoms with Crippen LogP contribution in [-0.4, -0.2) is 41.2 Å². The molecule has 4 N–H and O–H groups in total. The molecule has 188 valence electrons. The van der Waals surface area contributed by atoms with E-state index in [1.165, 1.54) is 17.7 Å². The predicted molar refractivity (Wildman–Crippen MR) is 153 cm³/mol. The molecule has 0 bridgehead atoms. The minimum Gasteiger partial charge on any atom is -0.398 e. The van der Waals surface area contributed by atoms with Gasteiger partial charge in [-0.25, -0.2) is 9.37 Å². The average molecular weight is 494 g/mol. The summed E-state index contributed by atoms with van der Waals surface area (Å²) in [4.78, 5) is 10.1. The van der Waals surface area contributed by atoms with E-state index in [1.807, 2.05) is 76.5 Å². The van der Waals surface area contributed by atoms with E-state index in [2.05, 4.69) is 28.1 Å². The number of hydrogen-bond acceptors (Lipinski definition) is 4. The van der Waals surface area contributed by atoms with Crippen LogP contribution >= 0.6 is 0 Å². The topological polar surface area (TPSA) is 81.8 Å². The molecule has 4 rings (SSSR count). The molecule has 0 saturated carbocycles. The zero-order valence-electron chi connectivity index (χ0n) is 21.6. The van der Waals surface area contributed by atoms with Crippen molar-refractivity contribution in [2.45, 2.75) is 13.8 Å². The lowest BCUT2D eigenvalue weighted by Gasteiger charge is -2.13. The number of fused-ring (bicyclic) bond motifs is 1. The van der Waals surface area contributed by atoms with Crippen LogP contribution in [0.4, 0.5) is 10.1 Å². The number of aromatic amines is 1. The van der Waals surface area contributed by atoms with E-state index in [1.54, 1.807) is 6.07 Å². The van der Waals surface area contributed by atoms with E-state index in [9.17, 15) is 4.39 Å². The lowest BCUT2D eigenvalue weighted by atomic mass is 9.97. The van der Waals surface area contributed by atoms with Crippen LogP contribution in [-0.2, 0) is 0 Å². The zero-order valence-corrected chi connectivity index (χ0v) is 21.6. The Hall–Kier alpha value is -4.29. The minimum atomic E-state index is -0.306. The van der Waals surface area contributed by atoms with E-state index >= 15 is 0 Å². The number of nitrogen functional groups attached to an aromatic ring is 1. The van der Waals surface area contributed by atoms with Crippen molar-refractivity contribution in [3.05, 3.63) is 113 Å². The maximum absolute atomic E-state index is 13.9. The second-order valence-corrected chi connectivity index (χ2v) is 9.18. The molecular weight excluding hydrogens is 461 g/mol. The van der Waals surface area contributed by atoms with Crippen LogP contribution in [0.1, 0.15) is 30.8 Å². The van der Waals surface area contributed by atoms with Gasteiger partial charge in [0, 0.05) is 23.4 Å². The lowest BCUT2D eigenvalue weighted by Crippen LogP contribution is -2.14. The highest BCUT2D eigenvalue weighted by atomic mass is 19.1. The van der Waals surface area contributed by atoms with E-state index in [0.29, 0.717) is 22.6 Å². The van der Waals surface area contributed by atoms with Crippen LogP contribution in [0.15, 0.2) is 90.5 Å². The van der Waals surface area contributed by atoms with Crippen LogP contribution in [0.5, 0.6) is 0 Å². The van der Waals surface area contributed by atoms with Gasteiger partial charge in [0.25, 0.3) is 0 Å². The maximum Gasteiger partial charge on any atom is 0.157 e. The van der Waals surface area contributed by atoms with Crippen LogP contribution in [0.25, 0.3) is 27.7 Å². The van der Waals surface area contributed by atoms with Crippen LogP contribution in [0.3, 0.4) is 0 Å². The van der Waals surface area contributed by atoms with Gasteiger partial charge >= 0.3 is 0 Å². The summed E-state index contributed by atoms with van der Waals surface area (Å²) in [5.74, 6) is 0.0991. The molecule has 0 saturated heterocycles. The third kappa shape index (κ3) is 5.76. The van der Waals surface area contributed by atoms with Crippen molar-refractivity contribution in [3.63, 3.8) is 0 Å². The molecular formula is C31H32FN5. The minimum absolute atomic E-state index is 0.196. The Morgan fingerprint density at radius 1 is 1.08 bits per heavy atom. The number of imidazole rings is 1. The first kappa shape index (κ1) is 25.8. The fraction of sp³-hybridized carbons (Fsp3) is 0.161. The largest absolute Gasteiger partial charge is 0.398 e. The number of allylic oxidation sites excluding steroid dienone is 4. The van der Waals surface area contributed by atoms with Crippen molar-refractivity contribution < 1.29 is 4.39 Å². The molecule has 37 heavy (non-hydrogen) atoms. The molecule has 6 heteroatoms. The Balaban J connectivity index is 1.74. The van der Waals surface area contributed by atoms with E-state index in [0.717, 1.165) is 34.3 Å². The average Bonchev–Trinajstić information content (AvgIpc) is 3.31. The van der Waals surface area contributed by atoms with E-state index in [4.69, 9.17) is 16.1 Å². The number of rotatable bonds is 8. The zero-order chi connectivity index (χ0) is 26.5. The van der Waals surface area contributed by atoms with E-state index < -0.39 is 0 Å². The number of anilines is 1. The molecule has 0 radical (unpaired) electrons. The predicted octanol–water partition coefficient (Wildman–Crippen LogP) is 6.83. The smallest absolute Gasteiger partial charge is 0.157 e. The number of benzene rings is 3. The van der Waals surface area contributed by atoms with Gasteiger partial charge in [-0.2, -0.15) is 0 Å². The quantitative estimate of drug-likeness (QED) is 0.143. The highest BCUT2D eigenvalue weighted by Crippen LogP contribution is 2.29. The van der Waals surface area contributed by atoms with E-state index in [-0.39, 0.29) is 11.5 Å². The SMILES string of the molecule is CC=CC(=CC(=CC)c1ccc(N)c(C(=N)c2nc3c(-c4cccc(F)c4)cccc3[nH]2)c1)CN(C)C. The molecule has 1 aromatic heterocycles. The van der Waals surface area contributed by atoms with Gasteiger partial charge in [-0.05, 0) is 80.5 Å². The summed E-state index contributed by atoms with van der Waals surface area (Å²) in [5.41, 5.74) is 13.8. The van der Waals surface area contributed by atoms with Gasteiger partial charge in [-0.3, -0.25) is 5.41 Å². The number of halogens is 1. The number of nitrogens with one attached hydrogen (secondary N) is 2. The maximum atomic E-state index is 13.9. The van der Waals surface area contributed by atoms with Gasteiger partial charge in [0.15, 0.2) is 5.82 Å². The third-order valence-electron chi connectivity index (χ3n) is 6.07. The van der Waals surface area contributed by atoms with Crippen molar-refractivity contribution in [2.75, 3.05) is 26.4 Å². The molecule has 0 fully saturated rings. The number of nitrogens with two attached hydrogens (primary N) is 1. The van der Waals surface area contributed by atoms with Crippen molar-refractivity contribution in [1.29, 1.82) is 5.41 Å². The van der Waals surface area contributed by atoms with Gasteiger partial charge in [0.05, 0.1) is 11.0 Å². The Labute approximate surface area is 217 Å². The fourth-order valence-corrected chi connectivity index (χ4v) is 4.38. The summed E-state index contributed by atoms with van der Waals surface area (Å²) >= 11 is 0. The molecule has 0 spiro atoms. The molecule has 0 aliphatic rings. The van der Waals surface area contributed by atoms with Crippen molar-refractivity contribution in [3.8, 4) is 11.1 Å². The lowest BCUT2D eigenvalue weighted by molar-refractivity contribution is 0.449. The molecule has 0 unspecified atom stereocenters. The third-order valence-corrected chi connectivity index (χ3v) is 6.07. The molecule has 1 heterocycles. The molecule has 3 aromatic carbocycles. The summed E-state index contributed by atoms with van der Waals surface area (Å²) in [7, 11) is 4.09. The number of nitrogens with zero attached hydrogens (tertiary/aromatic N) is 2. The van der Waals surface area contributed by atoms with Gasteiger partial charge < -0.3 is 15.6 Å². The molecule has 0 amide bonds. The Morgan fingerprint density at radius 3 is 2.57 bits per heavy atom. The molecule has 0 aliphatic heterocycles. The number of H-pyrrole nitrogens is 1. The molecule has 0 aliphatic carbocycles. The van der Waals surface area contributed by atoms with Gasteiger partial charge in [0.1, 0.15) is 11.5 Å². The summed E-state index contributed by atoms with van der Waals surface area (Å²) in [5, 5.41) is 8.96. The first-order valence-electron chi connectivity index (χ1n) is 12.2. The Morgan fingerprint density at radius 2 is 1.86 bits per heavy atom. The van der Waals surface area contributed by atoms with Crippen LogP contribution in [0, 0.1) is 11.2 Å². The van der Waals surface area contributed by atoms with Crippen molar-refractivity contribution in [2.24, 2.45) is 0 Å². The van der Waals surface area contributed by atoms with Gasteiger partial charge in [-0.15, -0.1) is 0 Å². The Bertz CT molecular complexity index is 1540. The van der Waals surface area contributed by atoms with Gasteiger partial charge in [-0.1, -0.05) is 54.6 Å². The highest BCUT2D eigenvalue weighted by molar-refractivity contribution is 6.13. The Kier molecular flexibility index (Phi) is 7.80. The molecule has 4 aromatic rings. The van der Waals surface area contributed by atoms with Crippen LogP contribution < -0.4 is 5.73 Å². The highest BCUT2D eigenvalue weighted by Gasteiger charge is 2.16. The normalized spacial score (nSPS) is 12.7. The number of hydrogen-bond donors (Lipinski definition) is 3. The first-order valence-corrected chi connectivity index (χ1v) is 12.2.